The quantitative estimate of drug-likeness (QED) is 0.579. The van der Waals surface area contributed by atoms with E-state index in [2.05, 4.69) is 0 Å². The van der Waals surface area contributed by atoms with Crippen LogP contribution in [0.4, 0.5) is 26.3 Å². The molecule has 2 atom stereocenters. The minimum Gasteiger partial charge on any atom is -0.298 e. The Morgan fingerprint density at radius 1 is 0.842 bits per heavy atom. The number of ketones is 3. The predicted molar refractivity (Wildman–Crippen MR) is 48.0 cm³/mol. The topological polar surface area (TPSA) is 51.2 Å². The standard InChI is InChI=1S/C10H8F6O3/c11-9(12,13)7(18)4-2-1-3-5(6(4)17)8(19)10(14,15)16/h4-5H,1-3H2/t4-,5+. The Morgan fingerprint density at radius 2 is 1.16 bits per heavy atom. The molecular formula is C10H8F6O3. The molecule has 3 nitrogen and oxygen atoms in total. The van der Waals surface area contributed by atoms with Gasteiger partial charge in [0.1, 0.15) is 0 Å². The molecule has 1 rings (SSSR count). The first kappa shape index (κ1) is 15.6. The van der Waals surface area contributed by atoms with Gasteiger partial charge in [0.15, 0.2) is 5.78 Å². The van der Waals surface area contributed by atoms with Crippen LogP contribution in [0.5, 0.6) is 0 Å². The lowest BCUT2D eigenvalue weighted by Crippen LogP contribution is -2.45. The van der Waals surface area contributed by atoms with Gasteiger partial charge in [0, 0.05) is 0 Å². The maximum absolute atomic E-state index is 12.2. The van der Waals surface area contributed by atoms with Crippen molar-refractivity contribution < 1.29 is 40.7 Å². The molecule has 0 heterocycles. The Balaban J connectivity index is 2.95. The zero-order chi connectivity index (χ0) is 15.0. The van der Waals surface area contributed by atoms with Gasteiger partial charge in [-0.1, -0.05) is 6.42 Å². The summed E-state index contributed by atoms with van der Waals surface area (Å²) in [4.78, 5) is 33.3. The van der Waals surface area contributed by atoms with Crippen LogP contribution in [0.3, 0.4) is 0 Å². The second-order valence-corrected chi connectivity index (χ2v) is 4.16. The van der Waals surface area contributed by atoms with E-state index in [1.807, 2.05) is 0 Å². The number of Topliss-reactive ketones (excluding diaryl/α,β-unsaturated/α-hetero) is 3. The molecule has 0 aromatic carbocycles. The number of rotatable bonds is 2. The van der Waals surface area contributed by atoms with Crippen molar-refractivity contribution in [3.05, 3.63) is 0 Å². The van der Waals surface area contributed by atoms with Crippen molar-refractivity contribution in [3.63, 3.8) is 0 Å². The summed E-state index contributed by atoms with van der Waals surface area (Å²) in [6.07, 6.45) is -11.8. The van der Waals surface area contributed by atoms with Gasteiger partial charge in [-0.15, -0.1) is 0 Å². The molecular weight excluding hydrogens is 282 g/mol. The van der Waals surface area contributed by atoms with Crippen LogP contribution >= 0.6 is 0 Å². The summed E-state index contributed by atoms with van der Waals surface area (Å²) >= 11 is 0. The molecule has 0 aliphatic heterocycles. The monoisotopic (exact) mass is 290 g/mol. The first-order valence-corrected chi connectivity index (χ1v) is 5.22. The van der Waals surface area contributed by atoms with Crippen LogP contribution in [-0.2, 0) is 14.4 Å². The second-order valence-electron chi connectivity index (χ2n) is 4.16. The largest absolute Gasteiger partial charge is 0.450 e. The molecule has 19 heavy (non-hydrogen) atoms. The minimum absolute atomic E-state index is 0.218. The average Bonchev–Trinajstić information content (AvgIpc) is 2.25. The van der Waals surface area contributed by atoms with Crippen LogP contribution in [0.1, 0.15) is 19.3 Å². The molecule has 1 aliphatic carbocycles. The molecule has 1 saturated carbocycles. The van der Waals surface area contributed by atoms with E-state index in [1.54, 1.807) is 0 Å². The highest BCUT2D eigenvalue weighted by molar-refractivity contribution is 6.14. The van der Waals surface area contributed by atoms with Crippen LogP contribution in [0.15, 0.2) is 0 Å². The van der Waals surface area contributed by atoms with Gasteiger partial charge in [-0.3, -0.25) is 14.4 Å². The van der Waals surface area contributed by atoms with Crippen LogP contribution in [-0.4, -0.2) is 29.7 Å². The van der Waals surface area contributed by atoms with E-state index in [-0.39, 0.29) is 6.42 Å². The van der Waals surface area contributed by atoms with Gasteiger partial charge in [0.05, 0.1) is 11.8 Å². The van der Waals surface area contributed by atoms with E-state index >= 15 is 0 Å². The average molecular weight is 290 g/mol. The lowest BCUT2D eigenvalue weighted by Gasteiger charge is -2.26. The first-order chi connectivity index (χ1) is 8.46. The van der Waals surface area contributed by atoms with Crippen molar-refractivity contribution in [1.29, 1.82) is 0 Å². The van der Waals surface area contributed by atoms with Crippen molar-refractivity contribution >= 4 is 17.3 Å². The summed E-state index contributed by atoms with van der Waals surface area (Å²) < 4.78 is 73.0. The summed E-state index contributed by atoms with van der Waals surface area (Å²) in [5.74, 6) is -10.8. The zero-order valence-corrected chi connectivity index (χ0v) is 9.27. The van der Waals surface area contributed by atoms with Gasteiger partial charge in [0.2, 0.25) is 11.6 Å². The summed E-state index contributed by atoms with van der Waals surface area (Å²) in [6.45, 7) is 0. The van der Waals surface area contributed by atoms with E-state index in [1.165, 1.54) is 0 Å². The van der Waals surface area contributed by atoms with Crippen molar-refractivity contribution in [3.8, 4) is 0 Å². The number of hydrogen-bond acceptors (Lipinski definition) is 3. The summed E-state index contributed by atoms with van der Waals surface area (Å²) in [5.41, 5.74) is 0. The van der Waals surface area contributed by atoms with Gasteiger partial charge in [-0.25, -0.2) is 0 Å². The third kappa shape index (κ3) is 3.32. The van der Waals surface area contributed by atoms with E-state index in [4.69, 9.17) is 0 Å². The third-order valence-corrected chi connectivity index (χ3v) is 2.86. The van der Waals surface area contributed by atoms with Crippen molar-refractivity contribution in [1.82, 2.24) is 0 Å². The molecule has 0 unspecified atom stereocenters. The molecule has 0 amide bonds. The van der Waals surface area contributed by atoms with Gasteiger partial charge in [-0.05, 0) is 12.8 Å². The lowest BCUT2D eigenvalue weighted by atomic mass is 9.76. The van der Waals surface area contributed by atoms with Crippen LogP contribution in [0.25, 0.3) is 0 Å². The van der Waals surface area contributed by atoms with Gasteiger partial charge >= 0.3 is 12.4 Å². The fourth-order valence-electron chi connectivity index (χ4n) is 1.97. The SMILES string of the molecule is O=C1[C@H](C(=O)C(F)(F)F)CCC[C@@H]1C(=O)C(F)(F)F. The van der Waals surface area contributed by atoms with Crippen molar-refractivity contribution in [2.75, 3.05) is 0 Å². The van der Waals surface area contributed by atoms with Gasteiger partial charge < -0.3 is 0 Å². The fourth-order valence-corrected chi connectivity index (χ4v) is 1.97. The normalized spacial score (nSPS) is 25.3. The minimum atomic E-state index is -5.30. The molecule has 0 bridgehead atoms. The molecule has 0 saturated heterocycles. The van der Waals surface area contributed by atoms with Gasteiger partial charge in [0.25, 0.3) is 0 Å². The highest BCUT2D eigenvalue weighted by atomic mass is 19.4. The number of hydrogen-bond donors (Lipinski definition) is 0. The highest BCUT2D eigenvalue weighted by Crippen LogP contribution is 2.35. The van der Waals surface area contributed by atoms with Crippen LogP contribution in [0.2, 0.25) is 0 Å². The predicted octanol–water partition coefficient (Wildman–Crippen LogP) is 2.23. The maximum Gasteiger partial charge on any atom is 0.450 e. The number of halogens is 6. The third-order valence-electron chi connectivity index (χ3n) is 2.86. The molecule has 0 spiro atoms. The second kappa shape index (κ2) is 4.93. The highest BCUT2D eigenvalue weighted by Gasteiger charge is 2.53. The molecule has 0 N–H and O–H groups in total. The Kier molecular flexibility index (Phi) is 4.06. The molecule has 108 valence electrons. The molecule has 0 aromatic rings. The van der Waals surface area contributed by atoms with Gasteiger partial charge in [-0.2, -0.15) is 26.3 Å². The summed E-state index contributed by atoms with van der Waals surface area (Å²) in [6, 6.07) is 0. The molecule has 9 heteroatoms. The lowest BCUT2D eigenvalue weighted by molar-refractivity contribution is -0.183. The number of carbonyl (C=O) groups is 3. The number of alkyl halides is 6. The van der Waals surface area contributed by atoms with E-state index in [9.17, 15) is 40.7 Å². The molecule has 0 aromatic heterocycles. The Morgan fingerprint density at radius 3 is 1.42 bits per heavy atom. The Hall–Kier alpha value is -1.41. The Bertz CT molecular complexity index is 372. The van der Waals surface area contributed by atoms with Crippen molar-refractivity contribution in [2.24, 2.45) is 11.8 Å². The molecule has 0 radical (unpaired) electrons. The van der Waals surface area contributed by atoms with Crippen LogP contribution in [0, 0.1) is 11.8 Å². The molecule has 1 fully saturated rings. The summed E-state index contributed by atoms with van der Waals surface area (Å²) in [7, 11) is 0. The van der Waals surface area contributed by atoms with E-state index in [0.717, 1.165) is 0 Å². The molecule has 1 aliphatic rings. The first-order valence-electron chi connectivity index (χ1n) is 5.22. The fraction of sp³-hybridized carbons (Fsp3) is 0.700. The van der Waals surface area contributed by atoms with Crippen molar-refractivity contribution in [2.45, 2.75) is 31.6 Å². The van der Waals surface area contributed by atoms with E-state index < -0.39 is 54.4 Å². The maximum atomic E-state index is 12.2. The zero-order valence-electron chi connectivity index (χ0n) is 9.27. The summed E-state index contributed by atoms with van der Waals surface area (Å²) in [5, 5.41) is 0. The smallest absolute Gasteiger partial charge is 0.298 e. The van der Waals surface area contributed by atoms with E-state index in [0.29, 0.717) is 0 Å². The Labute approximate surface area is 102 Å². The number of carbonyl (C=O) groups excluding carboxylic acids is 3. The van der Waals surface area contributed by atoms with Crippen LogP contribution < -0.4 is 0 Å².